The van der Waals surface area contributed by atoms with Crippen molar-refractivity contribution in [1.29, 1.82) is 0 Å². The van der Waals surface area contributed by atoms with Gasteiger partial charge in [0.1, 0.15) is 13.2 Å². The van der Waals surface area contributed by atoms with Gasteiger partial charge in [-0.1, -0.05) is 297 Å². The molecular weight excluding hydrogens is 961 g/mol. The maximum Gasteiger partial charge on any atom is 0.306 e. The second-order valence-corrected chi connectivity index (χ2v) is 21.6. The zero-order chi connectivity index (χ0) is 56.4. The van der Waals surface area contributed by atoms with E-state index < -0.39 is 6.10 Å². The molecule has 446 valence electrons. The van der Waals surface area contributed by atoms with Crippen molar-refractivity contribution in [2.24, 2.45) is 0 Å². The van der Waals surface area contributed by atoms with E-state index >= 15 is 0 Å². The number of rotatable bonds is 59. The maximum absolute atomic E-state index is 12.9. The van der Waals surface area contributed by atoms with Gasteiger partial charge in [0.2, 0.25) is 0 Å². The molecule has 0 amide bonds. The van der Waals surface area contributed by atoms with Crippen molar-refractivity contribution >= 4 is 17.9 Å². The van der Waals surface area contributed by atoms with Crippen LogP contribution in [0.25, 0.3) is 0 Å². The molecule has 0 saturated heterocycles. The lowest BCUT2D eigenvalue weighted by atomic mass is 10.0. The number of unbranched alkanes of at least 4 members (excludes halogenated alkanes) is 30. The van der Waals surface area contributed by atoms with Crippen LogP contribution in [0, 0.1) is 0 Å². The molecule has 0 saturated carbocycles. The molecule has 0 aromatic rings. The van der Waals surface area contributed by atoms with Crippen LogP contribution in [0.5, 0.6) is 0 Å². The van der Waals surface area contributed by atoms with Gasteiger partial charge in [0.05, 0.1) is 0 Å². The highest BCUT2D eigenvalue weighted by atomic mass is 16.6. The first-order valence-electron chi connectivity index (χ1n) is 32.9. The number of esters is 3. The first kappa shape index (κ1) is 74.1. The largest absolute Gasteiger partial charge is 0.462 e. The van der Waals surface area contributed by atoms with Crippen molar-refractivity contribution in [2.75, 3.05) is 13.2 Å². The molecule has 0 aromatic heterocycles. The molecule has 0 bridgehead atoms. The van der Waals surface area contributed by atoms with E-state index in [2.05, 4.69) is 130 Å². The van der Waals surface area contributed by atoms with Crippen LogP contribution in [0.15, 0.2) is 109 Å². The van der Waals surface area contributed by atoms with E-state index in [0.29, 0.717) is 19.3 Å². The van der Waals surface area contributed by atoms with Crippen LogP contribution in [0.3, 0.4) is 0 Å². The van der Waals surface area contributed by atoms with E-state index in [9.17, 15) is 14.4 Å². The van der Waals surface area contributed by atoms with E-state index in [1.54, 1.807) is 0 Å². The summed E-state index contributed by atoms with van der Waals surface area (Å²) < 4.78 is 16.9. The first-order valence-corrected chi connectivity index (χ1v) is 32.9. The van der Waals surface area contributed by atoms with Gasteiger partial charge in [-0.3, -0.25) is 14.4 Å². The predicted molar refractivity (Wildman–Crippen MR) is 339 cm³/mol. The van der Waals surface area contributed by atoms with Crippen LogP contribution in [0.2, 0.25) is 0 Å². The fourth-order valence-electron chi connectivity index (χ4n) is 9.17. The molecule has 0 aliphatic heterocycles. The summed E-state index contributed by atoms with van der Waals surface area (Å²) in [6.45, 7) is 6.42. The lowest BCUT2D eigenvalue weighted by Crippen LogP contribution is -2.30. The Balaban J connectivity index is 4.25. The highest BCUT2D eigenvalue weighted by Gasteiger charge is 2.19. The number of hydrogen-bond acceptors (Lipinski definition) is 6. The number of carbonyl (C=O) groups is 3. The van der Waals surface area contributed by atoms with Crippen molar-refractivity contribution in [3.05, 3.63) is 109 Å². The molecule has 6 nitrogen and oxygen atoms in total. The second-order valence-electron chi connectivity index (χ2n) is 21.6. The Morgan fingerprint density at radius 1 is 0.269 bits per heavy atom. The molecule has 0 N–H and O–H groups in total. The predicted octanol–water partition coefficient (Wildman–Crippen LogP) is 22.6. The van der Waals surface area contributed by atoms with E-state index in [1.807, 2.05) is 0 Å². The molecule has 0 heterocycles. The van der Waals surface area contributed by atoms with Crippen LogP contribution >= 0.6 is 0 Å². The third-order valence-corrected chi connectivity index (χ3v) is 14.0. The molecule has 0 aliphatic carbocycles. The van der Waals surface area contributed by atoms with Gasteiger partial charge in [0.25, 0.3) is 0 Å². The number of ether oxygens (including phenoxy) is 3. The summed E-state index contributed by atoms with van der Waals surface area (Å²) in [5.74, 6) is -0.892. The molecule has 0 aromatic carbocycles. The highest BCUT2D eigenvalue weighted by Crippen LogP contribution is 2.17. The molecule has 1 atom stereocenters. The van der Waals surface area contributed by atoms with Crippen LogP contribution in [0.4, 0.5) is 0 Å². The Kier molecular flexibility index (Phi) is 62.3. The van der Waals surface area contributed by atoms with Crippen molar-refractivity contribution in [3.8, 4) is 0 Å². The summed E-state index contributed by atoms with van der Waals surface area (Å²) in [5.41, 5.74) is 0. The highest BCUT2D eigenvalue weighted by molar-refractivity contribution is 5.71. The van der Waals surface area contributed by atoms with Crippen molar-refractivity contribution in [1.82, 2.24) is 0 Å². The quantitative estimate of drug-likeness (QED) is 0.0261. The fourth-order valence-corrected chi connectivity index (χ4v) is 9.17. The van der Waals surface area contributed by atoms with Gasteiger partial charge in [-0.05, 0) is 103 Å². The van der Waals surface area contributed by atoms with Crippen molar-refractivity contribution < 1.29 is 28.6 Å². The van der Waals surface area contributed by atoms with Crippen LogP contribution in [-0.4, -0.2) is 37.2 Å². The van der Waals surface area contributed by atoms with E-state index in [0.717, 1.165) is 135 Å². The molecule has 6 heteroatoms. The van der Waals surface area contributed by atoms with Gasteiger partial charge in [0, 0.05) is 19.3 Å². The smallest absolute Gasteiger partial charge is 0.306 e. The summed E-state index contributed by atoms with van der Waals surface area (Å²) >= 11 is 0. The van der Waals surface area contributed by atoms with Crippen LogP contribution < -0.4 is 0 Å². The SMILES string of the molecule is CC/C=C\C/C=C\C/C=C\C/C=C\C/C=C\C/C=C\CCCCCCCCCCCCCCC(=O)OCC(COC(=O)CCCCCCCCCCCCCCCC)OC(=O)CCCCCCC/C=C\C/C=C\C/C=C\CC. The zero-order valence-electron chi connectivity index (χ0n) is 51.2. The topological polar surface area (TPSA) is 78.9 Å². The molecule has 0 fully saturated rings. The summed E-state index contributed by atoms with van der Waals surface area (Å²) in [5, 5.41) is 0. The minimum absolute atomic E-state index is 0.0826. The van der Waals surface area contributed by atoms with E-state index in [4.69, 9.17) is 14.2 Å². The first-order chi connectivity index (χ1) is 38.5. The average Bonchev–Trinajstić information content (AvgIpc) is 3.44. The molecular formula is C72H122O6. The van der Waals surface area contributed by atoms with Gasteiger partial charge in [-0.2, -0.15) is 0 Å². The van der Waals surface area contributed by atoms with Crippen molar-refractivity contribution in [2.45, 2.75) is 316 Å². The van der Waals surface area contributed by atoms with Crippen molar-refractivity contribution in [3.63, 3.8) is 0 Å². The Hall–Kier alpha value is -3.93. The molecule has 0 spiro atoms. The van der Waals surface area contributed by atoms with Gasteiger partial charge in [0.15, 0.2) is 6.10 Å². The summed E-state index contributed by atoms with van der Waals surface area (Å²) in [7, 11) is 0. The summed E-state index contributed by atoms with van der Waals surface area (Å²) in [4.78, 5) is 38.3. The number of hydrogen-bond donors (Lipinski definition) is 0. The third kappa shape index (κ3) is 62.9. The molecule has 0 rings (SSSR count). The maximum atomic E-state index is 12.9. The Bertz CT molecular complexity index is 1570. The van der Waals surface area contributed by atoms with E-state index in [-0.39, 0.29) is 31.1 Å². The lowest BCUT2D eigenvalue weighted by Gasteiger charge is -2.18. The average molecular weight is 1080 g/mol. The minimum atomic E-state index is -0.787. The third-order valence-electron chi connectivity index (χ3n) is 14.0. The molecule has 0 radical (unpaired) electrons. The van der Waals surface area contributed by atoms with Crippen LogP contribution in [0.1, 0.15) is 310 Å². The monoisotopic (exact) mass is 1080 g/mol. The molecule has 0 aliphatic rings. The fraction of sp³-hybridized carbons (Fsp3) is 0.708. The zero-order valence-corrected chi connectivity index (χ0v) is 51.2. The standard InChI is InChI=1S/C72H122O6/c1-4-7-10-13-16-19-22-25-28-29-30-31-32-33-34-35-36-37-38-39-40-41-42-43-45-47-50-53-56-59-62-65-71(74)77-68-69(67-76-70(73)64-61-58-55-52-49-46-27-24-21-18-15-12-9-6-3)78-72(75)66-63-60-57-54-51-48-44-26-23-20-17-14-11-8-5-2/h7-8,10-11,16-17,19-20,25-26,28,30-31,33-34,36-37,44,69H,4-6,9,12-15,18,21-24,27,29,32,35,38-43,45-68H2,1-3H3/b10-7-,11-8-,19-16-,20-17-,28-25-,31-30-,34-33-,37-36-,44-26-. The van der Waals surface area contributed by atoms with Gasteiger partial charge < -0.3 is 14.2 Å². The second kappa shape index (κ2) is 65.6. The van der Waals surface area contributed by atoms with Crippen LogP contribution in [-0.2, 0) is 28.6 Å². The normalized spacial score (nSPS) is 12.8. The Morgan fingerprint density at radius 2 is 0.500 bits per heavy atom. The van der Waals surface area contributed by atoms with E-state index in [1.165, 1.54) is 135 Å². The van der Waals surface area contributed by atoms with Gasteiger partial charge in [-0.15, -0.1) is 0 Å². The number of allylic oxidation sites excluding steroid dienone is 18. The Labute approximate surface area is 482 Å². The molecule has 78 heavy (non-hydrogen) atoms. The summed E-state index contributed by atoms with van der Waals surface area (Å²) in [6, 6.07) is 0. The van der Waals surface area contributed by atoms with Gasteiger partial charge in [-0.25, -0.2) is 0 Å². The number of carbonyl (C=O) groups excluding carboxylic acids is 3. The Morgan fingerprint density at radius 3 is 0.782 bits per heavy atom. The van der Waals surface area contributed by atoms with Gasteiger partial charge >= 0.3 is 17.9 Å². The lowest BCUT2D eigenvalue weighted by molar-refractivity contribution is -0.167. The molecule has 1 unspecified atom stereocenters. The summed E-state index contributed by atoms with van der Waals surface area (Å²) in [6.07, 6.45) is 89.6. The minimum Gasteiger partial charge on any atom is -0.462 e.